The Kier molecular flexibility index (Phi) is 8.78. The lowest BCUT2D eigenvalue weighted by Crippen LogP contribution is -2.49. The number of aromatic nitrogens is 2. The molecule has 2 atom stereocenters. The smallest absolute Gasteiger partial charge is 0.254 e. The van der Waals surface area contributed by atoms with Crippen LogP contribution in [0.3, 0.4) is 0 Å². The van der Waals surface area contributed by atoms with Crippen molar-refractivity contribution in [3.8, 4) is 11.6 Å². The van der Waals surface area contributed by atoms with Crippen LogP contribution in [0.15, 0.2) is 42.9 Å². The number of ether oxygens (including phenoxy) is 1. The lowest BCUT2D eigenvalue weighted by atomic mass is 9.92. The zero-order valence-electron chi connectivity index (χ0n) is 14.6. The molecule has 2 heterocycles. The number of nitrogens with two attached hydrogens (primary N) is 1. The molecule has 26 heavy (non-hydrogen) atoms. The maximum absolute atomic E-state index is 12.9. The van der Waals surface area contributed by atoms with Crippen molar-refractivity contribution in [1.29, 1.82) is 0 Å². The van der Waals surface area contributed by atoms with Crippen molar-refractivity contribution in [2.45, 2.75) is 25.8 Å². The van der Waals surface area contributed by atoms with Crippen LogP contribution in [0.5, 0.6) is 11.6 Å². The number of likely N-dealkylation sites (tertiary alicyclic amines) is 1. The van der Waals surface area contributed by atoms with Crippen molar-refractivity contribution in [1.82, 2.24) is 14.9 Å². The SMILES string of the molecule is CC1CCN(C(=O)c2cccc(Oc3cnccn3)c2)C(CN)C1.Cl.Cl. The molecule has 0 saturated carbocycles. The van der Waals surface area contributed by atoms with Gasteiger partial charge in [0.05, 0.1) is 6.20 Å². The van der Waals surface area contributed by atoms with Crippen LogP contribution in [0.25, 0.3) is 0 Å². The molecule has 3 rings (SSSR count). The van der Waals surface area contributed by atoms with Crippen LogP contribution in [0.4, 0.5) is 0 Å². The summed E-state index contributed by atoms with van der Waals surface area (Å²) in [5.74, 6) is 1.57. The Labute approximate surface area is 166 Å². The minimum absolute atomic E-state index is 0. The van der Waals surface area contributed by atoms with Crippen molar-refractivity contribution in [2.75, 3.05) is 13.1 Å². The Morgan fingerprint density at radius 2 is 2.15 bits per heavy atom. The van der Waals surface area contributed by atoms with E-state index in [1.165, 1.54) is 6.20 Å². The molecule has 2 N–H and O–H groups in total. The van der Waals surface area contributed by atoms with Gasteiger partial charge in [0, 0.05) is 37.1 Å². The molecule has 6 nitrogen and oxygen atoms in total. The van der Waals surface area contributed by atoms with E-state index in [0.29, 0.717) is 29.7 Å². The monoisotopic (exact) mass is 398 g/mol. The average molecular weight is 399 g/mol. The van der Waals surface area contributed by atoms with Gasteiger partial charge >= 0.3 is 0 Å². The van der Waals surface area contributed by atoms with Crippen molar-refractivity contribution >= 4 is 30.7 Å². The predicted molar refractivity (Wildman–Crippen MR) is 105 cm³/mol. The van der Waals surface area contributed by atoms with Gasteiger partial charge in [-0.2, -0.15) is 0 Å². The number of nitrogens with zero attached hydrogens (tertiary/aromatic N) is 3. The summed E-state index contributed by atoms with van der Waals surface area (Å²) < 4.78 is 5.66. The van der Waals surface area contributed by atoms with Gasteiger partial charge in [-0.15, -0.1) is 24.8 Å². The van der Waals surface area contributed by atoms with E-state index in [2.05, 4.69) is 16.9 Å². The van der Waals surface area contributed by atoms with Gasteiger partial charge in [0.2, 0.25) is 5.88 Å². The molecule has 1 aliphatic heterocycles. The minimum Gasteiger partial charge on any atom is -0.437 e. The lowest BCUT2D eigenvalue weighted by molar-refractivity contribution is 0.0573. The molecule has 1 fully saturated rings. The summed E-state index contributed by atoms with van der Waals surface area (Å²) in [5.41, 5.74) is 6.47. The van der Waals surface area contributed by atoms with Crippen molar-refractivity contribution < 1.29 is 9.53 Å². The summed E-state index contributed by atoms with van der Waals surface area (Å²) in [6.07, 6.45) is 6.64. The van der Waals surface area contributed by atoms with Gasteiger partial charge in [0.15, 0.2) is 0 Å². The number of hydrogen-bond donors (Lipinski definition) is 1. The Balaban J connectivity index is 0.00000169. The van der Waals surface area contributed by atoms with Gasteiger partial charge in [-0.25, -0.2) is 4.98 Å². The second-order valence-electron chi connectivity index (χ2n) is 6.19. The summed E-state index contributed by atoms with van der Waals surface area (Å²) >= 11 is 0. The van der Waals surface area contributed by atoms with E-state index in [9.17, 15) is 4.79 Å². The first-order chi connectivity index (χ1) is 11.7. The number of hydrogen-bond acceptors (Lipinski definition) is 5. The lowest BCUT2D eigenvalue weighted by Gasteiger charge is -2.38. The highest BCUT2D eigenvalue weighted by Crippen LogP contribution is 2.25. The largest absolute Gasteiger partial charge is 0.437 e. The van der Waals surface area contributed by atoms with Crippen molar-refractivity contribution in [3.05, 3.63) is 48.4 Å². The normalized spacial score (nSPS) is 19.1. The van der Waals surface area contributed by atoms with Gasteiger partial charge in [-0.1, -0.05) is 13.0 Å². The maximum Gasteiger partial charge on any atom is 0.254 e. The highest BCUT2D eigenvalue weighted by Gasteiger charge is 2.29. The number of carbonyl (C=O) groups excluding carboxylic acids is 1. The van der Waals surface area contributed by atoms with Crippen LogP contribution in [-0.2, 0) is 0 Å². The second kappa shape index (κ2) is 10.3. The molecule has 142 valence electrons. The molecule has 0 bridgehead atoms. The molecule has 2 unspecified atom stereocenters. The van der Waals surface area contributed by atoms with Crippen molar-refractivity contribution in [3.63, 3.8) is 0 Å². The zero-order chi connectivity index (χ0) is 16.9. The standard InChI is InChI=1S/C18H22N4O2.2ClH/c1-13-5-8-22(15(9-13)11-19)18(23)14-3-2-4-16(10-14)24-17-12-20-6-7-21-17;;/h2-4,6-7,10,12-13,15H,5,8-9,11,19H2,1H3;2*1H. The molecule has 1 aromatic carbocycles. The summed E-state index contributed by atoms with van der Waals surface area (Å²) in [5, 5.41) is 0. The van der Waals surface area contributed by atoms with Crippen molar-refractivity contribution in [2.24, 2.45) is 11.7 Å². The molecule has 1 amide bonds. The van der Waals surface area contributed by atoms with Crippen LogP contribution in [0, 0.1) is 5.92 Å². The minimum atomic E-state index is 0. The second-order valence-corrected chi connectivity index (χ2v) is 6.19. The number of carbonyl (C=O) groups is 1. The van der Waals surface area contributed by atoms with E-state index in [4.69, 9.17) is 10.5 Å². The van der Waals surface area contributed by atoms with E-state index in [0.717, 1.165) is 19.4 Å². The number of benzene rings is 1. The first-order valence-electron chi connectivity index (χ1n) is 8.22. The Morgan fingerprint density at radius 3 is 2.85 bits per heavy atom. The summed E-state index contributed by atoms with van der Waals surface area (Å²) in [6.45, 7) is 3.45. The Hall–Kier alpha value is -1.89. The molecule has 2 aromatic rings. The van der Waals surface area contributed by atoms with Crippen LogP contribution in [0.2, 0.25) is 0 Å². The molecule has 1 aliphatic rings. The van der Waals surface area contributed by atoms with Crippen LogP contribution in [-0.4, -0.2) is 39.9 Å². The van der Waals surface area contributed by atoms with E-state index in [-0.39, 0.29) is 36.8 Å². The maximum atomic E-state index is 12.9. The third-order valence-electron chi connectivity index (χ3n) is 4.35. The van der Waals surface area contributed by atoms with Crippen LogP contribution < -0.4 is 10.5 Å². The van der Waals surface area contributed by atoms with Gasteiger partial charge in [-0.05, 0) is 37.0 Å². The fourth-order valence-corrected chi connectivity index (χ4v) is 3.06. The number of amides is 1. The van der Waals surface area contributed by atoms with E-state index in [1.807, 2.05) is 11.0 Å². The fraction of sp³-hybridized carbons (Fsp3) is 0.389. The van der Waals surface area contributed by atoms with Crippen LogP contribution >= 0.6 is 24.8 Å². The van der Waals surface area contributed by atoms with Gasteiger partial charge in [0.1, 0.15) is 5.75 Å². The third-order valence-corrected chi connectivity index (χ3v) is 4.35. The van der Waals surface area contributed by atoms with E-state index in [1.54, 1.807) is 30.6 Å². The van der Waals surface area contributed by atoms with Gasteiger partial charge in [0.25, 0.3) is 5.91 Å². The molecular formula is C18H24Cl2N4O2. The Morgan fingerprint density at radius 1 is 1.35 bits per heavy atom. The van der Waals surface area contributed by atoms with Gasteiger partial charge in [-0.3, -0.25) is 9.78 Å². The molecule has 0 aliphatic carbocycles. The number of halogens is 2. The van der Waals surface area contributed by atoms with E-state index < -0.39 is 0 Å². The zero-order valence-corrected chi connectivity index (χ0v) is 16.2. The molecule has 0 spiro atoms. The summed E-state index contributed by atoms with van der Waals surface area (Å²) in [4.78, 5) is 22.8. The average Bonchev–Trinajstić information content (AvgIpc) is 2.62. The van der Waals surface area contributed by atoms with Crippen LogP contribution in [0.1, 0.15) is 30.1 Å². The molecule has 1 aromatic heterocycles. The highest BCUT2D eigenvalue weighted by molar-refractivity contribution is 5.95. The molecule has 0 radical (unpaired) electrons. The molecule has 1 saturated heterocycles. The third kappa shape index (κ3) is 5.30. The predicted octanol–water partition coefficient (Wildman–Crippen LogP) is 3.31. The Bertz CT molecular complexity index is 703. The highest BCUT2D eigenvalue weighted by atomic mass is 35.5. The number of piperidine rings is 1. The molecule has 8 heteroatoms. The number of rotatable bonds is 4. The molecular weight excluding hydrogens is 375 g/mol. The summed E-state index contributed by atoms with van der Waals surface area (Å²) in [7, 11) is 0. The van der Waals surface area contributed by atoms with Gasteiger partial charge < -0.3 is 15.4 Å². The first-order valence-corrected chi connectivity index (χ1v) is 8.22. The summed E-state index contributed by atoms with van der Waals surface area (Å²) in [6, 6.07) is 7.25. The quantitative estimate of drug-likeness (QED) is 0.853. The first kappa shape index (κ1) is 22.2. The fourth-order valence-electron chi connectivity index (χ4n) is 3.06. The topological polar surface area (TPSA) is 81.3 Å². The van der Waals surface area contributed by atoms with E-state index >= 15 is 0 Å².